The van der Waals surface area contributed by atoms with Crippen LogP contribution in [-0.2, 0) is 10.0 Å². The van der Waals surface area contributed by atoms with Crippen LogP contribution < -0.4 is 10.3 Å². The Morgan fingerprint density at radius 1 is 1.27 bits per heavy atom. The molecule has 0 saturated heterocycles. The molecular weight excluding hydrogens is 332 g/mol. The van der Waals surface area contributed by atoms with Gasteiger partial charge in [0.15, 0.2) is 0 Å². The number of hydrogen-bond donors (Lipinski definition) is 2. The Bertz CT molecular complexity index is 905. The van der Waals surface area contributed by atoms with Gasteiger partial charge in [-0.05, 0) is 24.3 Å². The quantitative estimate of drug-likeness (QED) is 0.877. The van der Waals surface area contributed by atoms with E-state index < -0.39 is 27.1 Å². The van der Waals surface area contributed by atoms with E-state index in [1.54, 1.807) is 12.1 Å². The van der Waals surface area contributed by atoms with E-state index in [9.17, 15) is 18.0 Å². The maximum Gasteiger partial charge on any atom is 0.341 e. The molecule has 0 aliphatic heterocycles. The van der Waals surface area contributed by atoms with Crippen LogP contribution >= 0.6 is 11.8 Å². The van der Waals surface area contributed by atoms with Crippen molar-refractivity contribution >= 4 is 33.5 Å². The number of carboxylic acid groups (broad SMARTS) is 1. The second kappa shape index (κ2) is 5.82. The molecule has 1 aromatic carbocycles. The lowest BCUT2D eigenvalue weighted by atomic mass is 10.1. The fraction of sp³-hybridized carbons (Fsp3) is 0.0769. The first-order valence-corrected chi connectivity index (χ1v) is 8.16. The summed E-state index contributed by atoms with van der Waals surface area (Å²) in [6.45, 7) is 0. The largest absolute Gasteiger partial charge is 0.477 e. The van der Waals surface area contributed by atoms with E-state index in [2.05, 4.69) is 4.72 Å². The Morgan fingerprint density at radius 3 is 2.55 bits per heavy atom. The molecule has 0 atom stereocenters. The summed E-state index contributed by atoms with van der Waals surface area (Å²) in [5.41, 5.74) is -0.324. The average Bonchev–Trinajstić information content (AvgIpc) is 2.39. The lowest BCUT2D eigenvalue weighted by Gasteiger charge is -2.09. The van der Waals surface area contributed by atoms with Crippen LogP contribution in [0.5, 0.6) is 0 Å². The molecule has 2 aromatic rings. The van der Waals surface area contributed by atoms with Gasteiger partial charge >= 0.3 is 5.97 Å². The molecule has 0 amide bonds. The SMILES string of the molecule is CS(=O)(=O)Nc1cccc(-c2ccc(C(=O)O)c(=O)n2Cl)c1. The zero-order valence-corrected chi connectivity index (χ0v) is 12.9. The smallest absolute Gasteiger partial charge is 0.341 e. The van der Waals surface area contributed by atoms with E-state index in [1.807, 2.05) is 0 Å². The average molecular weight is 343 g/mol. The molecule has 22 heavy (non-hydrogen) atoms. The number of carboxylic acids is 1. The predicted molar refractivity (Wildman–Crippen MR) is 82.8 cm³/mol. The van der Waals surface area contributed by atoms with Gasteiger partial charge in [-0.1, -0.05) is 12.1 Å². The number of anilines is 1. The highest BCUT2D eigenvalue weighted by atomic mass is 35.5. The van der Waals surface area contributed by atoms with Gasteiger partial charge in [0.2, 0.25) is 10.0 Å². The number of halogens is 1. The van der Waals surface area contributed by atoms with Crippen LogP contribution in [0.1, 0.15) is 10.4 Å². The zero-order chi connectivity index (χ0) is 16.5. The van der Waals surface area contributed by atoms with Gasteiger partial charge < -0.3 is 5.11 Å². The van der Waals surface area contributed by atoms with Gasteiger partial charge in [0, 0.05) is 23.0 Å². The number of aromatic carboxylic acids is 1. The number of hydrogen-bond acceptors (Lipinski definition) is 4. The van der Waals surface area contributed by atoms with Gasteiger partial charge in [0.25, 0.3) is 5.56 Å². The number of rotatable bonds is 4. The molecule has 0 unspecified atom stereocenters. The molecule has 2 rings (SSSR count). The highest BCUT2D eigenvalue weighted by molar-refractivity contribution is 7.92. The standard InChI is InChI=1S/C13H11ClN2O5S/c1-22(20,21)15-9-4-2-3-8(7-9)11-6-5-10(13(18)19)12(17)16(11)14/h2-7,15H,1H3,(H,18,19). The summed E-state index contributed by atoms with van der Waals surface area (Å²) in [5.74, 6) is -1.38. The number of nitrogens with zero attached hydrogens (tertiary/aromatic N) is 1. The minimum atomic E-state index is -3.44. The van der Waals surface area contributed by atoms with Gasteiger partial charge in [0.05, 0.1) is 11.9 Å². The minimum Gasteiger partial charge on any atom is -0.477 e. The molecule has 1 aromatic heterocycles. The van der Waals surface area contributed by atoms with Crippen LogP contribution in [0, 0.1) is 0 Å². The number of nitrogens with one attached hydrogen (secondary N) is 1. The molecule has 0 saturated carbocycles. The first-order valence-electron chi connectivity index (χ1n) is 5.93. The molecule has 9 heteroatoms. The summed E-state index contributed by atoms with van der Waals surface area (Å²) < 4.78 is 25.4. The van der Waals surface area contributed by atoms with Crippen molar-refractivity contribution in [2.24, 2.45) is 0 Å². The predicted octanol–water partition coefficient (Wildman–Crippen LogP) is 1.59. The van der Waals surface area contributed by atoms with E-state index in [0.29, 0.717) is 15.3 Å². The fourth-order valence-corrected chi connectivity index (χ4v) is 2.64. The van der Waals surface area contributed by atoms with Crippen LogP contribution in [0.4, 0.5) is 5.69 Å². The van der Waals surface area contributed by atoms with E-state index in [-0.39, 0.29) is 5.69 Å². The minimum absolute atomic E-state index is 0.244. The van der Waals surface area contributed by atoms with Crippen molar-refractivity contribution in [3.63, 3.8) is 0 Å². The summed E-state index contributed by atoms with van der Waals surface area (Å²) >= 11 is 5.86. The molecule has 7 nitrogen and oxygen atoms in total. The molecule has 0 bridgehead atoms. The van der Waals surface area contributed by atoms with Gasteiger partial charge in [-0.25, -0.2) is 17.3 Å². The van der Waals surface area contributed by atoms with Crippen molar-refractivity contribution in [1.82, 2.24) is 4.09 Å². The highest BCUT2D eigenvalue weighted by Gasteiger charge is 2.14. The van der Waals surface area contributed by atoms with E-state index in [1.165, 1.54) is 18.2 Å². The number of sulfonamides is 1. The summed E-state index contributed by atoms with van der Waals surface area (Å²) in [5, 5.41) is 8.87. The van der Waals surface area contributed by atoms with Gasteiger partial charge in [0.1, 0.15) is 5.56 Å². The molecule has 0 fully saturated rings. The van der Waals surface area contributed by atoms with Crippen molar-refractivity contribution in [3.8, 4) is 11.3 Å². The Balaban J connectivity index is 2.54. The fourth-order valence-electron chi connectivity index (χ4n) is 1.84. The molecule has 2 N–H and O–H groups in total. The van der Waals surface area contributed by atoms with Gasteiger partial charge in [-0.3, -0.25) is 9.52 Å². The Kier molecular flexibility index (Phi) is 4.25. The number of benzene rings is 1. The normalized spacial score (nSPS) is 11.2. The lowest BCUT2D eigenvalue weighted by Crippen LogP contribution is -2.22. The Labute approximate surface area is 130 Å². The maximum absolute atomic E-state index is 11.9. The molecule has 116 valence electrons. The van der Waals surface area contributed by atoms with Crippen LogP contribution in [0.15, 0.2) is 41.2 Å². The second-order valence-electron chi connectivity index (χ2n) is 4.48. The van der Waals surface area contributed by atoms with Crippen LogP contribution in [0.3, 0.4) is 0 Å². The third kappa shape index (κ3) is 3.46. The van der Waals surface area contributed by atoms with E-state index >= 15 is 0 Å². The summed E-state index contributed by atoms with van der Waals surface area (Å²) in [4.78, 5) is 22.7. The number of carbonyl (C=O) groups is 1. The van der Waals surface area contributed by atoms with Crippen LogP contribution in [-0.4, -0.2) is 29.8 Å². The molecule has 0 aliphatic carbocycles. The monoisotopic (exact) mass is 342 g/mol. The van der Waals surface area contributed by atoms with Crippen molar-refractivity contribution in [2.75, 3.05) is 11.0 Å². The molecular formula is C13H11ClN2O5S. The summed E-state index contributed by atoms with van der Waals surface area (Å²) in [7, 11) is -3.44. The molecule has 1 heterocycles. The highest BCUT2D eigenvalue weighted by Crippen LogP contribution is 2.23. The molecule has 0 spiro atoms. The van der Waals surface area contributed by atoms with Crippen LogP contribution in [0.25, 0.3) is 11.3 Å². The third-order valence-corrected chi connectivity index (χ3v) is 3.66. The van der Waals surface area contributed by atoms with E-state index in [4.69, 9.17) is 16.9 Å². The maximum atomic E-state index is 11.9. The summed E-state index contributed by atoms with van der Waals surface area (Å²) in [6, 6.07) is 8.73. The van der Waals surface area contributed by atoms with Crippen LogP contribution in [0.2, 0.25) is 0 Å². The second-order valence-corrected chi connectivity index (χ2v) is 6.56. The van der Waals surface area contributed by atoms with Crippen molar-refractivity contribution in [2.45, 2.75) is 0 Å². The van der Waals surface area contributed by atoms with Gasteiger partial charge in [-0.15, -0.1) is 0 Å². The van der Waals surface area contributed by atoms with Gasteiger partial charge in [-0.2, -0.15) is 0 Å². The van der Waals surface area contributed by atoms with Crippen molar-refractivity contribution in [1.29, 1.82) is 0 Å². The molecule has 0 aliphatic rings. The lowest BCUT2D eigenvalue weighted by molar-refractivity contribution is 0.0694. The zero-order valence-electron chi connectivity index (χ0n) is 11.3. The number of pyridine rings is 1. The molecule has 0 radical (unpaired) electrons. The Hall–Kier alpha value is -2.32. The topological polar surface area (TPSA) is 105 Å². The van der Waals surface area contributed by atoms with Crippen molar-refractivity contribution in [3.05, 3.63) is 52.3 Å². The summed E-state index contributed by atoms with van der Waals surface area (Å²) in [6.07, 6.45) is 1.01. The Morgan fingerprint density at radius 2 is 1.95 bits per heavy atom. The number of aromatic nitrogens is 1. The van der Waals surface area contributed by atoms with Crippen molar-refractivity contribution < 1.29 is 18.3 Å². The third-order valence-electron chi connectivity index (χ3n) is 2.72. The first kappa shape index (κ1) is 16.1. The van der Waals surface area contributed by atoms with E-state index in [0.717, 1.165) is 12.3 Å². The first-order chi connectivity index (χ1) is 10.2.